The monoisotopic (exact) mass is 339 g/mol. The summed E-state index contributed by atoms with van der Waals surface area (Å²) in [7, 11) is 0. The Kier molecular flexibility index (Phi) is 11.8. The van der Waals surface area contributed by atoms with Gasteiger partial charge in [-0.15, -0.1) is 0 Å². The van der Waals surface area contributed by atoms with Crippen molar-refractivity contribution in [1.29, 1.82) is 0 Å². The zero-order valence-electron chi connectivity index (χ0n) is 11.8. The molecule has 23 heavy (non-hydrogen) atoms. The predicted molar refractivity (Wildman–Crippen MR) is 90.1 cm³/mol. The van der Waals surface area contributed by atoms with Crippen LogP contribution in [0.2, 0.25) is 0 Å². The Morgan fingerprint density at radius 2 is 1.48 bits per heavy atom. The summed E-state index contributed by atoms with van der Waals surface area (Å²) in [6, 6.07) is 6.07. The van der Waals surface area contributed by atoms with E-state index in [9.17, 15) is 24.6 Å². The maximum atomic E-state index is 11.3. The molecule has 0 aromatic heterocycles. The first-order chi connectivity index (χ1) is 9.73. The van der Waals surface area contributed by atoms with E-state index in [0.29, 0.717) is 11.1 Å². The molecule has 0 spiro atoms. The van der Waals surface area contributed by atoms with Gasteiger partial charge < -0.3 is 15.9 Å². The molecule has 0 saturated heterocycles. The molecular weight excluding hydrogens is 320 g/mol. The van der Waals surface area contributed by atoms with Gasteiger partial charge in [0.2, 0.25) is 5.91 Å². The Labute approximate surface area is 178 Å². The van der Waals surface area contributed by atoms with Gasteiger partial charge in [-0.25, -0.2) is 9.59 Å². The molecule has 0 aliphatic heterocycles. The maximum absolute atomic E-state index is 11.3. The van der Waals surface area contributed by atoms with Gasteiger partial charge in [0.05, 0.1) is 11.1 Å². The molecule has 4 N–H and O–H groups in total. The molecule has 1 rings (SSSR count). The summed E-state index contributed by atoms with van der Waals surface area (Å²) >= 11 is 0. The van der Waals surface area contributed by atoms with E-state index in [1.165, 1.54) is 12.1 Å². The number of carboxylic acid groups (broad SMARTS) is 2. The Bertz CT molecular complexity index is 609. The molecule has 1 amide bonds. The van der Waals surface area contributed by atoms with Gasteiger partial charge in [-0.3, -0.25) is 4.79 Å². The molecular formula is C15H19NNa2O5. The van der Waals surface area contributed by atoms with E-state index in [1.54, 1.807) is 26.0 Å². The van der Waals surface area contributed by atoms with E-state index in [1.807, 2.05) is 0 Å². The van der Waals surface area contributed by atoms with E-state index in [-0.39, 0.29) is 76.7 Å². The van der Waals surface area contributed by atoms with Crippen molar-refractivity contribution < 1.29 is 24.6 Å². The minimum atomic E-state index is -1.26. The van der Waals surface area contributed by atoms with E-state index in [4.69, 9.17) is 5.73 Å². The van der Waals surface area contributed by atoms with Crippen molar-refractivity contribution in [3.05, 3.63) is 46.5 Å². The van der Waals surface area contributed by atoms with Crippen LogP contribution in [0.4, 0.5) is 0 Å². The summed E-state index contributed by atoms with van der Waals surface area (Å²) in [6.45, 7) is 3.26. The van der Waals surface area contributed by atoms with Gasteiger partial charge in [0.25, 0.3) is 0 Å². The number of hydrogen-bond donors (Lipinski definition) is 3. The molecule has 0 atom stereocenters. The van der Waals surface area contributed by atoms with Gasteiger partial charge in [0.1, 0.15) is 0 Å². The number of nitrogens with two attached hydrogens (primary N) is 1. The first-order valence-electron chi connectivity index (χ1n) is 6.32. The number of amides is 1. The van der Waals surface area contributed by atoms with Crippen LogP contribution in [0.25, 0.3) is 0 Å². The average molecular weight is 339 g/mol. The normalized spacial score (nSPS) is 10.9. The molecule has 0 bridgehead atoms. The predicted octanol–water partition coefficient (Wildman–Crippen LogP) is 0.153. The Balaban J connectivity index is 0. The standard InChI is InChI=1S/C15H17NO5.2Na.2H/c1-8(2)12(15(20)21)11(14(18)19)7-9-3-5-10(6-4-9)13(16)17;;;;/h3-6,8H,7H2,1-2H3,(H2,16,17)(H,18,19)(H,20,21);;;;/b12-11-;;;;. The zero-order valence-corrected chi connectivity index (χ0v) is 11.8. The fourth-order valence-corrected chi connectivity index (χ4v) is 2.00. The van der Waals surface area contributed by atoms with E-state index in [2.05, 4.69) is 0 Å². The van der Waals surface area contributed by atoms with E-state index < -0.39 is 23.8 Å². The third kappa shape index (κ3) is 7.20. The Morgan fingerprint density at radius 1 is 1.00 bits per heavy atom. The van der Waals surface area contributed by atoms with Crippen LogP contribution < -0.4 is 5.73 Å². The van der Waals surface area contributed by atoms with Crippen LogP contribution in [-0.4, -0.2) is 87.2 Å². The molecule has 0 aliphatic rings. The summed E-state index contributed by atoms with van der Waals surface area (Å²) < 4.78 is 0. The molecule has 116 valence electrons. The molecule has 0 aliphatic carbocycles. The van der Waals surface area contributed by atoms with Crippen LogP contribution in [0.1, 0.15) is 29.8 Å². The number of carbonyl (C=O) groups is 3. The number of benzene rings is 1. The van der Waals surface area contributed by atoms with Gasteiger partial charge in [-0.05, 0) is 23.6 Å². The first-order valence-corrected chi connectivity index (χ1v) is 6.32. The van der Waals surface area contributed by atoms with Gasteiger partial charge in [0.15, 0.2) is 0 Å². The Morgan fingerprint density at radius 3 is 1.78 bits per heavy atom. The molecule has 0 radical (unpaired) electrons. The molecule has 1 aromatic carbocycles. The topological polar surface area (TPSA) is 118 Å². The van der Waals surface area contributed by atoms with E-state index in [0.717, 1.165) is 0 Å². The molecule has 0 saturated carbocycles. The molecule has 6 nitrogen and oxygen atoms in total. The van der Waals surface area contributed by atoms with Gasteiger partial charge in [-0.2, -0.15) is 0 Å². The van der Waals surface area contributed by atoms with Crippen LogP contribution in [-0.2, 0) is 16.0 Å². The fourth-order valence-electron chi connectivity index (χ4n) is 2.00. The summed E-state index contributed by atoms with van der Waals surface area (Å²) in [5.74, 6) is -3.50. The summed E-state index contributed by atoms with van der Waals surface area (Å²) in [5, 5.41) is 18.4. The number of primary amides is 1. The van der Waals surface area contributed by atoms with Crippen molar-refractivity contribution in [3.8, 4) is 0 Å². The van der Waals surface area contributed by atoms with Crippen LogP contribution in [0, 0.1) is 5.92 Å². The number of carboxylic acids is 2. The van der Waals surface area contributed by atoms with Crippen LogP contribution in [0.15, 0.2) is 35.4 Å². The van der Waals surface area contributed by atoms with Gasteiger partial charge in [-0.1, -0.05) is 26.0 Å². The average Bonchev–Trinajstić information content (AvgIpc) is 2.37. The summed E-state index contributed by atoms with van der Waals surface area (Å²) in [6.07, 6.45) is -0.0335. The Hall–Kier alpha value is -0.630. The van der Waals surface area contributed by atoms with Crippen LogP contribution in [0.5, 0.6) is 0 Å². The molecule has 0 fully saturated rings. The molecule has 8 heteroatoms. The summed E-state index contributed by atoms with van der Waals surface area (Å²) in [4.78, 5) is 33.5. The third-order valence-electron chi connectivity index (χ3n) is 3.01. The second-order valence-electron chi connectivity index (χ2n) is 4.90. The molecule has 1 aromatic rings. The molecule has 0 unspecified atom stereocenters. The molecule has 0 heterocycles. The zero-order chi connectivity index (χ0) is 16.2. The van der Waals surface area contributed by atoms with Gasteiger partial charge in [0, 0.05) is 12.0 Å². The van der Waals surface area contributed by atoms with Crippen molar-refractivity contribution in [2.75, 3.05) is 0 Å². The minimum absolute atomic E-state index is 0. The van der Waals surface area contributed by atoms with Crippen molar-refractivity contribution in [2.24, 2.45) is 11.7 Å². The number of rotatable bonds is 6. The van der Waals surface area contributed by atoms with Crippen molar-refractivity contribution >= 4 is 77.0 Å². The van der Waals surface area contributed by atoms with Crippen molar-refractivity contribution in [1.82, 2.24) is 0 Å². The number of carbonyl (C=O) groups excluding carboxylic acids is 1. The first kappa shape index (κ1) is 24.6. The third-order valence-corrected chi connectivity index (χ3v) is 3.01. The second-order valence-corrected chi connectivity index (χ2v) is 4.90. The number of aliphatic carboxylic acids is 2. The van der Waals surface area contributed by atoms with Crippen molar-refractivity contribution in [3.63, 3.8) is 0 Å². The second kappa shape index (κ2) is 11.0. The van der Waals surface area contributed by atoms with E-state index >= 15 is 0 Å². The number of hydrogen-bond acceptors (Lipinski definition) is 3. The quantitative estimate of drug-likeness (QED) is 0.504. The SMILES string of the molecule is CC(C)/C(C(=O)O)=C(\Cc1ccc(C(N)=O)cc1)C(=O)O.[NaH].[NaH]. The van der Waals surface area contributed by atoms with Crippen molar-refractivity contribution in [2.45, 2.75) is 20.3 Å². The van der Waals surface area contributed by atoms with Gasteiger partial charge >= 0.3 is 71.1 Å². The summed E-state index contributed by atoms with van der Waals surface area (Å²) in [5.41, 5.74) is 5.74. The van der Waals surface area contributed by atoms with Crippen LogP contribution >= 0.6 is 0 Å². The van der Waals surface area contributed by atoms with Crippen LogP contribution in [0.3, 0.4) is 0 Å². The fraction of sp³-hybridized carbons (Fsp3) is 0.267.